The van der Waals surface area contributed by atoms with Crippen LogP contribution in [0.1, 0.15) is 25.0 Å². The molecule has 1 aromatic carbocycles. The Kier molecular flexibility index (Phi) is 3.67. The summed E-state index contributed by atoms with van der Waals surface area (Å²) in [5, 5.41) is 0. The van der Waals surface area contributed by atoms with Gasteiger partial charge >= 0.3 is 0 Å². The summed E-state index contributed by atoms with van der Waals surface area (Å²) < 4.78 is 18.6. The van der Waals surface area contributed by atoms with E-state index in [0.29, 0.717) is 11.5 Å². The molecule has 0 atom stereocenters. The number of allylic oxidation sites excluding steroid dienone is 2. The minimum absolute atomic E-state index is 0.255. The van der Waals surface area contributed by atoms with Gasteiger partial charge in [0.15, 0.2) is 0 Å². The van der Waals surface area contributed by atoms with Crippen LogP contribution in [0, 0.1) is 12.7 Å². The molecule has 0 radical (unpaired) electrons. The maximum atomic E-state index is 13.2. The number of hydrogen-bond acceptors (Lipinski definition) is 1. The van der Waals surface area contributed by atoms with Crippen LogP contribution in [0.2, 0.25) is 0 Å². The molecule has 2 heteroatoms. The molecule has 0 aliphatic carbocycles. The van der Waals surface area contributed by atoms with Crippen LogP contribution in [0.4, 0.5) is 4.39 Å². The molecular formula is C13H15FO. The molecule has 0 N–H and O–H groups in total. The van der Waals surface area contributed by atoms with Crippen LogP contribution in [0.5, 0.6) is 0 Å². The molecule has 0 spiro atoms. The van der Waals surface area contributed by atoms with Crippen LogP contribution in [0.25, 0.3) is 5.76 Å². The minimum Gasteiger partial charge on any atom is -0.462 e. The molecule has 0 fully saturated rings. The van der Waals surface area contributed by atoms with E-state index in [0.717, 1.165) is 11.1 Å². The molecular weight excluding hydrogens is 191 g/mol. The van der Waals surface area contributed by atoms with E-state index in [1.165, 1.54) is 12.1 Å². The van der Waals surface area contributed by atoms with Crippen molar-refractivity contribution in [1.29, 1.82) is 0 Å². The minimum atomic E-state index is -0.255. The van der Waals surface area contributed by atoms with Crippen molar-refractivity contribution >= 4 is 5.76 Å². The summed E-state index contributed by atoms with van der Waals surface area (Å²) in [6.07, 6.45) is 1.79. The van der Waals surface area contributed by atoms with Gasteiger partial charge in [0.1, 0.15) is 11.6 Å². The molecule has 1 nitrogen and oxygen atoms in total. The van der Waals surface area contributed by atoms with E-state index in [2.05, 4.69) is 6.58 Å². The molecule has 15 heavy (non-hydrogen) atoms. The third-order valence-electron chi connectivity index (χ3n) is 1.87. The summed E-state index contributed by atoms with van der Waals surface area (Å²) in [5.74, 6) is 0.963. The standard InChI is InChI=1S/C13H15FO/c1-5-13(15-9(2)3)11-6-10(4)7-12(14)8-11/h5-8H,2H2,1,3-4H3/b13-5-. The van der Waals surface area contributed by atoms with E-state index in [-0.39, 0.29) is 5.82 Å². The van der Waals surface area contributed by atoms with Gasteiger partial charge < -0.3 is 4.74 Å². The average Bonchev–Trinajstić information content (AvgIpc) is 2.12. The molecule has 0 saturated carbocycles. The molecule has 80 valence electrons. The van der Waals surface area contributed by atoms with E-state index in [1.54, 1.807) is 13.0 Å². The number of rotatable bonds is 3. The Hall–Kier alpha value is -1.57. The Labute approximate surface area is 89.9 Å². The molecule has 0 bridgehead atoms. The second kappa shape index (κ2) is 4.78. The lowest BCUT2D eigenvalue weighted by molar-refractivity contribution is 0.386. The monoisotopic (exact) mass is 206 g/mol. The summed E-state index contributed by atoms with van der Waals surface area (Å²) in [7, 11) is 0. The predicted molar refractivity (Wildman–Crippen MR) is 60.7 cm³/mol. The van der Waals surface area contributed by atoms with Crippen molar-refractivity contribution in [3.63, 3.8) is 0 Å². The normalized spacial score (nSPS) is 11.3. The first-order valence-electron chi connectivity index (χ1n) is 4.80. The highest BCUT2D eigenvalue weighted by atomic mass is 19.1. The highest BCUT2D eigenvalue weighted by Crippen LogP contribution is 2.20. The van der Waals surface area contributed by atoms with E-state index >= 15 is 0 Å². The Morgan fingerprint density at radius 3 is 2.53 bits per heavy atom. The fourth-order valence-electron chi connectivity index (χ4n) is 1.35. The second-order valence-corrected chi connectivity index (χ2v) is 3.47. The molecule has 0 aliphatic rings. The highest BCUT2D eigenvalue weighted by Gasteiger charge is 2.05. The maximum Gasteiger partial charge on any atom is 0.129 e. The van der Waals surface area contributed by atoms with Crippen LogP contribution in [-0.4, -0.2) is 0 Å². The molecule has 0 unspecified atom stereocenters. The van der Waals surface area contributed by atoms with Gasteiger partial charge in [0, 0.05) is 5.56 Å². The fraction of sp³-hybridized carbons (Fsp3) is 0.231. The third kappa shape index (κ3) is 3.24. The van der Waals surface area contributed by atoms with Crippen molar-refractivity contribution in [1.82, 2.24) is 0 Å². The van der Waals surface area contributed by atoms with Gasteiger partial charge in [-0.05, 0) is 50.6 Å². The highest BCUT2D eigenvalue weighted by molar-refractivity contribution is 5.60. The van der Waals surface area contributed by atoms with Crippen LogP contribution in [0.3, 0.4) is 0 Å². The summed E-state index contributed by atoms with van der Waals surface area (Å²) >= 11 is 0. The van der Waals surface area contributed by atoms with Crippen LogP contribution in [0.15, 0.2) is 36.6 Å². The lowest BCUT2D eigenvalue weighted by Gasteiger charge is -2.10. The SMILES string of the molecule is C=C(C)O/C(=C\C)c1cc(C)cc(F)c1. The van der Waals surface area contributed by atoms with E-state index in [9.17, 15) is 4.39 Å². The Bertz CT molecular complexity index is 385. The first kappa shape index (κ1) is 11.5. The molecule has 0 saturated heterocycles. The predicted octanol–water partition coefficient (Wildman–Crippen LogP) is 4.05. The van der Waals surface area contributed by atoms with Crippen molar-refractivity contribution in [2.75, 3.05) is 0 Å². The topological polar surface area (TPSA) is 9.23 Å². The van der Waals surface area contributed by atoms with Crippen molar-refractivity contribution in [2.24, 2.45) is 0 Å². The van der Waals surface area contributed by atoms with Gasteiger partial charge in [-0.15, -0.1) is 0 Å². The zero-order valence-electron chi connectivity index (χ0n) is 9.30. The van der Waals surface area contributed by atoms with E-state index in [1.807, 2.05) is 19.9 Å². The Balaban J connectivity index is 3.07. The quantitative estimate of drug-likeness (QED) is 0.678. The van der Waals surface area contributed by atoms with Gasteiger partial charge in [-0.2, -0.15) is 0 Å². The molecule has 0 heterocycles. The Morgan fingerprint density at radius 2 is 2.07 bits per heavy atom. The van der Waals surface area contributed by atoms with Crippen LogP contribution >= 0.6 is 0 Å². The number of benzene rings is 1. The first-order valence-corrected chi connectivity index (χ1v) is 4.80. The molecule has 0 aromatic heterocycles. The summed E-state index contributed by atoms with van der Waals surface area (Å²) in [6.45, 7) is 9.11. The van der Waals surface area contributed by atoms with Crippen molar-refractivity contribution in [2.45, 2.75) is 20.8 Å². The number of hydrogen-bond donors (Lipinski definition) is 0. The third-order valence-corrected chi connectivity index (χ3v) is 1.87. The zero-order valence-corrected chi connectivity index (χ0v) is 9.30. The second-order valence-electron chi connectivity index (χ2n) is 3.47. The summed E-state index contributed by atoms with van der Waals surface area (Å²) in [6, 6.07) is 4.81. The van der Waals surface area contributed by atoms with Gasteiger partial charge in [0.25, 0.3) is 0 Å². The van der Waals surface area contributed by atoms with Gasteiger partial charge in [0.05, 0.1) is 5.76 Å². The van der Waals surface area contributed by atoms with Crippen molar-refractivity contribution in [3.05, 3.63) is 53.6 Å². The lowest BCUT2D eigenvalue weighted by atomic mass is 10.1. The van der Waals surface area contributed by atoms with Gasteiger partial charge in [-0.1, -0.05) is 6.58 Å². The van der Waals surface area contributed by atoms with Crippen molar-refractivity contribution < 1.29 is 9.13 Å². The number of aryl methyl sites for hydroxylation is 1. The van der Waals surface area contributed by atoms with Gasteiger partial charge in [0.2, 0.25) is 0 Å². The van der Waals surface area contributed by atoms with Crippen molar-refractivity contribution in [3.8, 4) is 0 Å². The number of halogens is 1. The molecule has 1 rings (SSSR count). The van der Waals surface area contributed by atoms with E-state index in [4.69, 9.17) is 4.74 Å². The zero-order chi connectivity index (χ0) is 11.4. The van der Waals surface area contributed by atoms with Gasteiger partial charge in [-0.3, -0.25) is 0 Å². The van der Waals surface area contributed by atoms with E-state index < -0.39 is 0 Å². The Morgan fingerprint density at radius 1 is 1.40 bits per heavy atom. The maximum absolute atomic E-state index is 13.2. The van der Waals surface area contributed by atoms with Gasteiger partial charge in [-0.25, -0.2) is 4.39 Å². The molecule has 1 aromatic rings. The molecule has 0 aliphatic heterocycles. The lowest BCUT2D eigenvalue weighted by Crippen LogP contribution is -1.92. The largest absolute Gasteiger partial charge is 0.462 e. The fourth-order valence-corrected chi connectivity index (χ4v) is 1.35. The first-order chi connectivity index (χ1) is 7.02. The summed E-state index contributed by atoms with van der Waals surface area (Å²) in [4.78, 5) is 0. The van der Waals surface area contributed by atoms with Crippen LogP contribution < -0.4 is 0 Å². The smallest absolute Gasteiger partial charge is 0.129 e. The van der Waals surface area contributed by atoms with Crippen LogP contribution in [-0.2, 0) is 4.74 Å². The molecule has 0 amide bonds. The summed E-state index contributed by atoms with van der Waals surface area (Å²) in [5.41, 5.74) is 1.60. The number of ether oxygens (including phenoxy) is 1. The average molecular weight is 206 g/mol.